The van der Waals surface area contributed by atoms with E-state index in [9.17, 15) is 0 Å². The van der Waals surface area contributed by atoms with Gasteiger partial charge in [0.1, 0.15) is 5.75 Å². The molecule has 0 spiro atoms. The van der Waals surface area contributed by atoms with Crippen molar-refractivity contribution in [2.24, 2.45) is 4.99 Å². The maximum absolute atomic E-state index is 5.72. The van der Waals surface area contributed by atoms with Crippen LogP contribution in [0.25, 0.3) is 0 Å². The van der Waals surface area contributed by atoms with Crippen LogP contribution in [0.2, 0.25) is 0 Å². The molecule has 23 heavy (non-hydrogen) atoms. The summed E-state index contributed by atoms with van der Waals surface area (Å²) in [5.74, 6) is 1.92. The standard InChI is InChI=1S/C18H30N4O/c1-14(2)23-16-9-7-15(8-10-16)17(21(3)4)13-20-18-19-11-6-12-22(18)5/h7-10,14,17H,6,11-13H2,1-5H3,(H,19,20). The molecule has 0 saturated carbocycles. The quantitative estimate of drug-likeness (QED) is 0.874. The molecule has 128 valence electrons. The number of nitrogens with one attached hydrogen (secondary N) is 1. The lowest BCUT2D eigenvalue weighted by atomic mass is 10.1. The van der Waals surface area contributed by atoms with Gasteiger partial charge in [-0.25, -0.2) is 0 Å². The SMILES string of the molecule is CC(C)Oc1ccc(C(CNC2=NCCCN2C)N(C)C)cc1. The third-order valence-corrected chi connectivity index (χ3v) is 3.99. The first-order valence-electron chi connectivity index (χ1n) is 8.40. The van der Waals surface area contributed by atoms with E-state index in [1.807, 2.05) is 13.8 Å². The molecular formula is C18H30N4O. The van der Waals surface area contributed by atoms with Gasteiger partial charge in [-0.3, -0.25) is 4.99 Å². The number of guanidine groups is 1. The van der Waals surface area contributed by atoms with E-state index in [0.717, 1.165) is 37.8 Å². The molecule has 1 aromatic rings. The minimum atomic E-state index is 0.201. The Morgan fingerprint density at radius 3 is 2.52 bits per heavy atom. The molecule has 2 rings (SSSR count). The van der Waals surface area contributed by atoms with Crippen LogP contribution in [0.3, 0.4) is 0 Å². The number of likely N-dealkylation sites (N-methyl/N-ethyl adjacent to an activating group) is 1. The van der Waals surface area contributed by atoms with Crippen molar-refractivity contribution in [3.05, 3.63) is 29.8 Å². The Hall–Kier alpha value is -1.75. The Bertz CT molecular complexity index is 510. The Morgan fingerprint density at radius 2 is 1.96 bits per heavy atom. The summed E-state index contributed by atoms with van der Waals surface area (Å²) >= 11 is 0. The molecule has 0 saturated heterocycles. The van der Waals surface area contributed by atoms with E-state index in [1.54, 1.807) is 0 Å². The highest BCUT2D eigenvalue weighted by Gasteiger charge is 2.17. The third-order valence-electron chi connectivity index (χ3n) is 3.99. The molecule has 0 aliphatic carbocycles. The van der Waals surface area contributed by atoms with Crippen molar-refractivity contribution in [1.82, 2.24) is 15.1 Å². The molecular weight excluding hydrogens is 288 g/mol. The van der Waals surface area contributed by atoms with Crippen LogP contribution in [-0.2, 0) is 0 Å². The lowest BCUT2D eigenvalue weighted by molar-refractivity contribution is 0.242. The van der Waals surface area contributed by atoms with E-state index in [-0.39, 0.29) is 6.10 Å². The zero-order valence-electron chi connectivity index (χ0n) is 15.0. The molecule has 1 aromatic carbocycles. The molecule has 5 nitrogen and oxygen atoms in total. The van der Waals surface area contributed by atoms with Gasteiger partial charge >= 0.3 is 0 Å². The number of nitrogens with zero attached hydrogens (tertiary/aromatic N) is 3. The second kappa shape index (κ2) is 8.20. The molecule has 5 heteroatoms. The second-order valence-corrected chi connectivity index (χ2v) is 6.58. The van der Waals surface area contributed by atoms with Crippen LogP contribution >= 0.6 is 0 Å². The molecule has 0 bridgehead atoms. The largest absolute Gasteiger partial charge is 0.491 e. The first-order valence-corrected chi connectivity index (χ1v) is 8.40. The molecule has 1 aliphatic rings. The van der Waals surface area contributed by atoms with E-state index in [1.165, 1.54) is 5.56 Å². The maximum Gasteiger partial charge on any atom is 0.193 e. The topological polar surface area (TPSA) is 40.1 Å². The van der Waals surface area contributed by atoms with Gasteiger partial charge in [0.15, 0.2) is 5.96 Å². The van der Waals surface area contributed by atoms with Crippen LogP contribution < -0.4 is 10.1 Å². The van der Waals surface area contributed by atoms with E-state index in [2.05, 4.69) is 65.5 Å². The highest BCUT2D eigenvalue weighted by atomic mass is 16.5. The number of rotatable bonds is 6. The number of ether oxygens (including phenoxy) is 1. The first-order chi connectivity index (χ1) is 11.0. The predicted molar refractivity (Wildman–Crippen MR) is 96.2 cm³/mol. The highest BCUT2D eigenvalue weighted by Crippen LogP contribution is 2.21. The molecule has 1 unspecified atom stereocenters. The van der Waals surface area contributed by atoms with Crippen LogP contribution in [0.1, 0.15) is 31.9 Å². The zero-order valence-corrected chi connectivity index (χ0v) is 15.0. The van der Waals surface area contributed by atoms with Crippen LogP contribution in [0.5, 0.6) is 5.75 Å². The van der Waals surface area contributed by atoms with Crippen molar-refractivity contribution in [3.63, 3.8) is 0 Å². The fourth-order valence-electron chi connectivity index (χ4n) is 2.74. The van der Waals surface area contributed by atoms with Gasteiger partial charge in [-0.05, 0) is 52.1 Å². The van der Waals surface area contributed by atoms with Gasteiger partial charge in [0.25, 0.3) is 0 Å². The summed E-state index contributed by atoms with van der Waals surface area (Å²) in [7, 11) is 6.31. The van der Waals surface area contributed by atoms with Crippen LogP contribution in [-0.4, -0.2) is 62.6 Å². The summed E-state index contributed by atoms with van der Waals surface area (Å²) in [6.45, 7) is 6.91. The minimum Gasteiger partial charge on any atom is -0.491 e. The summed E-state index contributed by atoms with van der Waals surface area (Å²) in [5, 5.41) is 3.50. The van der Waals surface area contributed by atoms with E-state index in [4.69, 9.17) is 4.74 Å². The number of hydrogen-bond acceptors (Lipinski definition) is 5. The van der Waals surface area contributed by atoms with E-state index >= 15 is 0 Å². The van der Waals surface area contributed by atoms with Crippen molar-refractivity contribution in [2.75, 3.05) is 40.8 Å². The fourth-order valence-corrected chi connectivity index (χ4v) is 2.74. The summed E-state index contributed by atoms with van der Waals surface area (Å²) in [5.41, 5.74) is 1.28. The lowest BCUT2D eigenvalue weighted by Gasteiger charge is -2.30. The van der Waals surface area contributed by atoms with Crippen LogP contribution in [0, 0.1) is 0 Å². The van der Waals surface area contributed by atoms with Crippen molar-refractivity contribution < 1.29 is 4.74 Å². The highest BCUT2D eigenvalue weighted by molar-refractivity contribution is 5.80. The first kappa shape index (κ1) is 17.6. The Balaban J connectivity index is 2.01. The third kappa shape index (κ3) is 5.13. The van der Waals surface area contributed by atoms with Gasteiger partial charge in [0.05, 0.1) is 12.1 Å². The van der Waals surface area contributed by atoms with Gasteiger partial charge in [-0.1, -0.05) is 12.1 Å². The molecule has 0 radical (unpaired) electrons. The molecule has 1 heterocycles. The van der Waals surface area contributed by atoms with Gasteiger partial charge in [-0.2, -0.15) is 0 Å². The molecule has 1 N–H and O–H groups in total. The summed E-state index contributed by atoms with van der Waals surface area (Å²) in [6.07, 6.45) is 1.34. The monoisotopic (exact) mass is 318 g/mol. The van der Waals surface area contributed by atoms with E-state index in [0.29, 0.717) is 6.04 Å². The van der Waals surface area contributed by atoms with Crippen molar-refractivity contribution in [3.8, 4) is 5.75 Å². The fraction of sp³-hybridized carbons (Fsp3) is 0.611. The van der Waals surface area contributed by atoms with Crippen molar-refractivity contribution in [1.29, 1.82) is 0 Å². The summed E-state index contributed by atoms with van der Waals surface area (Å²) in [4.78, 5) is 9.00. The van der Waals surface area contributed by atoms with Gasteiger partial charge in [-0.15, -0.1) is 0 Å². The predicted octanol–water partition coefficient (Wildman–Crippen LogP) is 2.36. The average Bonchev–Trinajstić information content (AvgIpc) is 2.50. The summed E-state index contributed by atoms with van der Waals surface area (Å²) < 4.78 is 5.72. The number of aliphatic imine (C=N–C) groups is 1. The molecule has 0 amide bonds. The van der Waals surface area contributed by atoms with E-state index < -0.39 is 0 Å². The normalized spacial score (nSPS) is 16.5. The lowest BCUT2D eigenvalue weighted by Crippen LogP contribution is -2.45. The number of hydrogen-bond donors (Lipinski definition) is 1. The zero-order chi connectivity index (χ0) is 16.8. The van der Waals surface area contributed by atoms with Gasteiger partial charge < -0.3 is 19.9 Å². The molecule has 1 aliphatic heterocycles. The van der Waals surface area contributed by atoms with Gasteiger partial charge in [0, 0.05) is 26.7 Å². The number of benzene rings is 1. The smallest absolute Gasteiger partial charge is 0.193 e. The Kier molecular flexibility index (Phi) is 6.28. The van der Waals surface area contributed by atoms with Crippen LogP contribution in [0.4, 0.5) is 0 Å². The average molecular weight is 318 g/mol. The minimum absolute atomic E-state index is 0.201. The van der Waals surface area contributed by atoms with Crippen molar-refractivity contribution in [2.45, 2.75) is 32.4 Å². The van der Waals surface area contributed by atoms with Crippen LogP contribution in [0.15, 0.2) is 29.3 Å². The molecule has 0 aromatic heterocycles. The maximum atomic E-state index is 5.72. The Labute approximate surface area is 140 Å². The summed E-state index contributed by atoms with van der Waals surface area (Å²) in [6, 6.07) is 8.69. The second-order valence-electron chi connectivity index (χ2n) is 6.58. The molecule has 1 atom stereocenters. The van der Waals surface area contributed by atoms with Crippen molar-refractivity contribution >= 4 is 5.96 Å². The van der Waals surface area contributed by atoms with Gasteiger partial charge in [0.2, 0.25) is 0 Å². The molecule has 0 fully saturated rings. The Morgan fingerprint density at radius 1 is 1.26 bits per heavy atom.